The number of fused-ring (bicyclic) bond motifs is 4. The number of aromatic nitrogens is 3. The maximum atomic E-state index is 10.3. The van der Waals surface area contributed by atoms with E-state index in [0.717, 1.165) is 67.0 Å². The Hall–Kier alpha value is -3.77. The molecule has 8 rings (SSSR count). The van der Waals surface area contributed by atoms with Crippen molar-refractivity contribution in [3.8, 4) is 11.5 Å². The molecule has 2 aromatic carbocycles. The highest BCUT2D eigenvalue weighted by molar-refractivity contribution is 6.61. The van der Waals surface area contributed by atoms with Crippen molar-refractivity contribution >= 4 is 29.8 Å². The molecule has 2 bridgehead atoms. The standard InChI is InChI=1S/C30H33BN6O4/c1-19-22-15-21(7-8-24(22)31(39)40-19)33-27-16-25(34-26(18-38)20-5-3-2-4-6-20)23(17-32-27)28-35-29(36-41-28)30-9-12-37(13-10-30)14-11-30/h2-8,15-17,19,26,38-39H,9-14,18H2,1H3,(H2,32,33,34)/t19?,26-/m1/s1. The lowest BCUT2D eigenvalue weighted by molar-refractivity contribution is 0.0747. The molecule has 1 unspecified atom stereocenters. The molecule has 4 aliphatic heterocycles. The van der Waals surface area contributed by atoms with Gasteiger partial charge in [-0.15, -0.1) is 0 Å². The van der Waals surface area contributed by atoms with Gasteiger partial charge >= 0.3 is 7.12 Å². The first-order valence-corrected chi connectivity index (χ1v) is 14.2. The van der Waals surface area contributed by atoms with Gasteiger partial charge in [-0.2, -0.15) is 4.98 Å². The molecule has 4 N–H and O–H groups in total. The van der Waals surface area contributed by atoms with E-state index in [4.69, 9.17) is 14.2 Å². The minimum Gasteiger partial charge on any atom is -0.423 e. The number of nitrogens with zero attached hydrogens (tertiary/aromatic N) is 4. The molecule has 3 fully saturated rings. The molecule has 4 aromatic rings. The van der Waals surface area contributed by atoms with Gasteiger partial charge in [0, 0.05) is 23.4 Å². The molecule has 0 radical (unpaired) electrons. The van der Waals surface area contributed by atoms with E-state index >= 15 is 0 Å². The Kier molecular flexibility index (Phi) is 6.74. The van der Waals surface area contributed by atoms with E-state index in [2.05, 4.69) is 25.7 Å². The maximum absolute atomic E-state index is 10.3. The molecule has 2 aromatic heterocycles. The van der Waals surface area contributed by atoms with Gasteiger partial charge < -0.3 is 34.8 Å². The van der Waals surface area contributed by atoms with Crippen molar-refractivity contribution in [1.82, 2.24) is 20.0 Å². The molecule has 11 heteroatoms. The highest BCUT2D eigenvalue weighted by Gasteiger charge is 2.44. The number of nitrogens with one attached hydrogen (secondary N) is 2. The number of hydrogen-bond acceptors (Lipinski definition) is 10. The Balaban J connectivity index is 1.22. The van der Waals surface area contributed by atoms with Crippen LogP contribution >= 0.6 is 0 Å². The third-order valence-electron chi connectivity index (χ3n) is 8.86. The summed E-state index contributed by atoms with van der Waals surface area (Å²) in [4.78, 5) is 12.1. The molecule has 10 nitrogen and oxygen atoms in total. The average molecular weight is 552 g/mol. The van der Waals surface area contributed by atoms with Crippen molar-refractivity contribution < 1.29 is 19.3 Å². The smallest absolute Gasteiger partial charge is 0.423 e. The quantitative estimate of drug-likeness (QED) is 0.241. The molecule has 0 aliphatic carbocycles. The zero-order valence-corrected chi connectivity index (χ0v) is 23.0. The summed E-state index contributed by atoms with van der Waals surface area (Å²) < 4.78 is 11.4. The second-order valence-corrected chi connectivity index (χ2v) is 11.3. The lowest BCUT2D eigenvalue weighted by Gasteiger charge is -2.46. The second-order valence-electron chi connectivity index (χ2n) is 11.3. The predicted octanol–water partition coefficient (Wildman–Crippen LogP) is 3.54. The molecule has 4 aliphatic rings. The van der Waals surface area contributed by atoms with Crippen molar-refractivity contribution in [3.05, 3.63) is 77.7 Å². The van der Waals surface area contributed by atoms with Crippen LogP contribution in [0.1, 0.15) is 55.3 Å². The Morgan fingerprint density at radius 2 is 1.88 bits per heavy atom. The van der Waals surface area contributed by atoms with E-state index in [1.165, 1.54) is 0 Å². The summed E-state index contributed by atoms with van der Waals surface area (Å²) in [7, 11) is -0.907. The van der Waals surface area contributed by atoms with Crippen LogP contribution in [0.15, 0.2) is 65.3 Å². The third kappa shape index (κ3) is 4.89. The van der Waals surface area contributed by atoms with E-state index < -0.39 is 7.12 Å². The number of anilines is 3. The fourth-order valence-electron chi connectivity index (χ4n) is 6.35. The number of benzene rings is 2. The topological polar surface area (TPSA) is 129 Å². The van der Waals surface area contributed by atoms with Crippen LogP contribution in [-0.2, 0) is 10.1 Å². The summed E-state index contributed by atoms with van der Waals surface area (Å²) >= 11 is 0. The van der Waals surface area contributed by atoms with E-state index in [0.29, 0.717) is 23.0 Å². The Labute approximate surface area is 238 Å². The van der Waals surface area contributed by atoms with Crippen LogP contribution in [0.25, 0.3) is 11.5 Å². The molecule has 6 heterocycles. The second kappa shape index (κ2) is 10.6. The molecule has 41 heavy (non-hydrogen) atoms. The highest BCUT2D eigenvalue weighted by atomic mass is 16.5. The molecule has 0 amide bonds. The molecule has 0 saturated carbocycles. The van der Waals surface area contributed by atoms with E-state index in [1.807, 2.05) is 61.5 Å². The van der Waals surface area contributed by atoms with Gasteiger partial charge in [0.2, 0.25) is 0 Å². The first-order valence-electron chi connectivity index (χ1n) is 14.2. The summed E-state index contributed by atoms with van der Waals surface area (Å²) in [5.41, 5.74) is 4.85. The van der Waals surface area contributed by atoms with Crippen LogP contribution < -0.4 is 16.1 Å². The molecular formula is C30H33BN6O4. The van der Waals surface area contributed by atoms with Crippen molar-refractivity contribution in [3.63, 3.8) is 0 Å². The number of rotatable bonds is 8. The van der Waals surface area contributed by atoms with Gasteiger partial charge in [0.1, 0.15) is 5.82 Å². The van der Waals surface area contributed by atoms with Crippen molar-refractivity contribution in [2.45, 2.75) is 43.7 Å². The maximum Gasteiger partial charge on any atom is 0.491 e. The largest absolute Gasteiger partial charge is 0.491 e. The zero-order valence-electron chi connectivity index (χ0n) is 23.0. The minimum absolute atomic E-state index is 0.0291. The zero-order chi connectivity index (χ0) is 28.0. The van der Waals surface area contributed by atoms with Crippen LogP contribution in [0.5, 0.6) is 0 Å². The van der Waals surface area contributed by atoms with Gasteiger partial charge in [0.05, 0.1) is 30.0 Å². The van der Waals surface area contributed by atoms with E-state index in [1.54, 1.807) is 6.20 Å². The van der Waals surface area contributed by atoms with Gasteiger partial charge in [-0.25, -0.2) is 4.98 Å². The van der Waals surface area contributed by atoms with Crippen LogP contribution in [0, 0.1) is 0 Å². The van der Waals surface area contributed by atoms with Crippen LogP contribution in [-0.4, -0.2) is 63.5 Å². The van der Waals surface area contributed by atoms with Crippen LogP contribution in [0.2, 0.25) is 0 Å². The first kappa shape index (κ1) is 26.2. The molecule has 210 valence electrons. The summed E-state index contributed by atoms with van der Waals surface area (Å²) in [5.74, 6) is 1.79. The fourth-order valence-corrected chi connectivity index (χ4v) is 6.35. The van der Waals surface area contributed by atoms with Gasteiger partial charge in [0.25, 0.3) is 5.89 Å². The monoisotopic (exact) mass is 552 g/mol. The molecule has 0 spiro atoms. The van der Waals surface area contributed by atoms with Crippen LogP contribution in [0.3, 0.4) is 0 Å². The van der Waals surface area contributed by atoms with Gasteiger partial charge in [-0.3, -0.25) is 0 Å². The highest BCUT2D eigenvalue weighted by Crippen LogP contribution is 2.42. The van der Waals surface area contributed by atoms with Gasteiger partial charge in [-0.1, -0.05) is 41.6 Å². The van der Waals surface area contributed by atoms with Crippen molar-refractivity contribution in [2.75, 3.05) is 36.9 Å². The predicted molar refractivity (Wildman–Crippen MR) is 156 cm³/mol. The number of aliphatic hydroxyl groups is 1. The van der Waals surface area contributed by atoms with Gasteiger partial charge in [-0.05, 0) is 74.5 Å². The van der Waals surface area contributed by atoms with Crippen LogP contribution in [0.4, 0.5) is 17.2 Å². The summed E-state index contributed by atoms with van der Waals surface area (Å²) in [6.07, 6.45) is 4.65. The number of piperidine rings is 3. The Morgan fingerprint density at radius 3 is 2.63 bits per heavy atom. The fraction of sp³-hybridized carbons (Fsp3) is 0.367. The number of hydrogen-bond donors (Lipinski definition) is 4. The number of aliphatic hydroxyl groups excluding tert-OH is 1. The Bertz CT molecular complexity index is 1530. The van der Waals surface area contributed by atoms with Crippen molar-refractivity contribution in [1.29, 1.82) is 0 Å². The minimum atomic E-state index is -0.907. The molecule has 2 atom stereocenters. The summed E-state index contributed by atoms with van der Waals surface area (Å²) in [6.45, 7) is 5.02. The summed E-state index contributed by atoms with van der Waals surface area (Å²) in [6, 6.07) is 17.1. The Morgan fingerprint density at radius 1 is 1.10 bits per heavy atom. The third-order valence-corrected chi connectivity index (χ3v) is 8.86. The SMILES string of the molecule is CC1OB(O)c2ccc(Nc3cc(N[C@H](CO)c4ccccc4)c(-c4nc(C56CCN(CC5)CC6)no4)cn3)cc21. The first-order chi connectivity index (χ1) is 20.0. The van der Waals surface area contributed by atoms with Gasteiger partial charge in [0.15, 0.2) is 5.82 Å². The lowest BCUT2D eigenvalue weighted by atomic mass is 9.71. The van der Waals surface area contributed by atoms with E-state index in [9.17, 15) is 10.1 Å². The van der Waals surface area contributed by atoms with E-state index in [-0.39, 0.29) is 24.2 Å². The molecule has 3 saturated heterocycles. The van der Waals surface area contributed by atoms with Crippen molar-refractivity contribution in [2.24, 2.45) is 0 Å². The molecular weight excluding hydrogens is 519 g/mol. The normalized spacial score (nSPS) is 23.8. The number of pyridine rings is 1. The summed E-state index contributed by atoms with van der Waals surface area (Å²) in [5, 5.41) is 31.8. The average Bonchev–Trinajstić information content (AvgIpc) is 3.62. The lowest BCUT2D eigenvalue weighted by Crippen LogP contribution is -2.51.